The fraction of sp³-hybridized carbons (Fsp3) is 0.636. The number of rotatable bonds is 7. The maximum absolute atomic E-state index is 8.88. The van der Waals surface area contributed by atoms with Gasteiger partial charge in [-0.2, -0.15) is 0 Å². The molecule has 0 bridgehead atoms. The highest BCUT2D eigenvalue weighted by Crippen LogP contribution is 1.99. The van der Waals surface area contributed by atoms with E-state index in [0.29, 0.717) is 6.61 Å². The first-order valence-corrected chi connectivity index (χ1v) is 4.89. The zero-order valence-corrected chi connectivity index (χ0v) is 8.32. The lowest BCUT2D eigenvalue weighted by Gasteiger charge is -1.93. The van der Waals surface area contributed by atoms with Crippen molar-refractivity contribution in [2.24, 2.45) is 0 Å². The van der Waals surface area contributed by atoms with Crippen LogP contribution in [0.25, 0.3) is 0 Å². The molecule has 2 heteroatoms. The highest BCUT2D eigenvalue weighted by molar-refractivity contribution is 5.03. The van der Waals surface area contributed by atoms with Gasteiger partial charge in [-0.05, 0) is 26.2 Å². The zero-order chi connectivity index (χ0) is 9.94. The standard InChI is InChI=1S/C11H20O2/c1-11(13)9-7-5-3-2-4-6-8-10-12/h3,5,7,9,11-13H,2,4,6,8,10H2,1H3/b5-3-,9-7+/t11-/m0/s1. The van der Waals surface area contributed by atoms with Gasteiger partial charge < -0.3 is 10.2 Å². The Bertz CT molecular complexity index is 148. The van der Waals surface area contributed by atoms with Gasteiger partial charge in [-0.25, -0.2) is 0 Å². The number of allylic oxidation sites excluding steroid dienone is 3. The molecule has 2 nitrogen and oxygen atoms in total. The summed E-state index contributed by atoms with van der Waals surface area (Å²) in [6.45, 7) is 2.03. The molecule has 0 aliphatic heterocycles. The minimum absolute atomic E-state index is 0.297. The van der Waals surface area contributed by atoms with Crippen LogP contribution in [0.5, 0.6) is 0 Å². The third-order valence-electron chi connectivity index (χ3n) is 1.67. The smallest absolute Gasteiger partial charge is 0.0695 e. The first-order valence-electron chi connectivity index (χ1n) is 4.89. The molecule has 0 aliphatic carbocycles. The maximum Gasteiger partial charge on any atom is 0.0695 e. The SMILES string of the molecule is C[C@H](O)/C=C/C=C\CCCCCO. The van der Waals surface area contributed by atoms with E-state index in [-0.39, 0.29) is 6.10 Å². The molecule has 76 valence electrons. The van der Waals surface area contributed by atoms with Gasteiger partial charge in [0.2, 0.25) is 0 Å². The third-order valence-corrected chi connectivity index (χ3v) is 1.67. The van der Waals surface area contributed by atoms with Gasteiger partial charge in [0.15, 0.2) is 0 Å². The van der Waals surface area contributed by atoms with Crippen LogP contribution in [0.3, 0.4) is 0 Å². The summed E-state index contributed by atoms with van der Waals surface area (Å²) < 4.78 is 0. The zero-order valence-electron chi connectivity index (χ0n) is 8.32. The number of aliphatic hydroxyl groups excluding tert-OH is 2. The van der Waals surface area contributed by atoms with Crippen LogP contribution in [0, 0.1) is 0 Å². The van der Waals surface area contributed by atoms with Crippen LogP contribution >= 0.6 is 0 Å². The average molecular weight is 184 g/mol. The van der Waals surface area contributed by atoms with Crippen molar-refractivity contribution in [1.82, 2.24) is 0 Å². The third kappa shape index (κ3) is 11.4. The van der Waals surface area contributed by atoms with Crippen molar-refractivity contribution < 1.29 is 10.2 Å². The number of unbranched alkanes of at least 4 members (excludes halogenated alkanes) is 3. The van der Waals surface area contributed by atoms with Crippen LogP contribution in [-0.4, -0.2) is 22.9 Å². The number of aliphatic hydroxyl groups is 2. The van der Waals surface area contributed by atoms with E-state index in [2.05, 4.69) is 6.08 Å². The maximum atomic E-state index is 8.88. The Labute approximate surface area is 80.6 Å². The van der Waals surface area contributed by atoms with Gasteiger partial charge in [0.05, 0.1) is 6.10 Å². The Morgan fingerprint density at radius 3 is 2.54 bits per heavy atom. The summed E-state index contributed by atoms with van der Waals surface area (Å²) in [6.07, 6.45) is 11.4. The molecule has 0 aromatic rings. The van der Waals surface area contributed by atoms with E-state index in [9.17, 15) is 0 Å². The van der Waals surface area contributed by atoms with Crippen LogP contribution in [0.4, 0.5) is 0 Å². The van der Waals surface area contributed by atoms with Gasteiger partial charge in [0.1, 0.15) is 0 Å². The molecule has 0 saturated carbocycles. The van der Waals surface area contributed by atoms with Crippen molar-refractivity contribution in [1.29, 1.82) is 0 Å². The Balaban J connectivity index is 3.21. The number of hydrogen-bond acceptors (Lipinski definition) is 2. The Hall–Kier alpha value is -0.600. The monoisotopic (exact) mass is 184 g/mol. The second-order valence-electron chi connectivity index (χ2n) is 3.13. The van der Waals surface area contributed by atoms with Crippen molar-refractivity contribution in [3.8, 4) is 0 Å². The van der Waals surface area contributed by atoms with Crippen molar-refractivity contribution in [2.75, 3.05) is 6.61 Å². The van der Waals surface area contributed by atoms with Crippen LogP contribution < -0.4 is 0 Å². The van der Waals surface area contributed by atoms with Gasteiger partial charge in [-0.3, -0.25) is 0 Å². The summed E-state index contributed by atoms with van der Waals surface area (Å²) in [4.78, 5) is 0. The highest BCUT2D eigenvalue weighted by Gasteiger charge is 1.84. The van der Waals surface area contributed by atoms with Crippen LogP contribution in [0.2, 0.25) is 0 Å². The molecule has 0 spiro atoms. The molecule has 0 unspecified atom stereocenters. The minimum atomic E-state index is -0.362. The molecular formula is C11H20O2. The van der Waals surface area contributed by atoms with E-state index in [4.69, 9.17) is 10.2 Å². The Morgan fingerprint density at radius 1 is 1.15 bits per heavy atom. The first-order chi connectivity index (χ1) is 6.27. The predicted molar refractivity (Wildman–Crippen MR) is 55.5 cm³/mol. The van der Waals surface area contributed by atoms with Crippen molar-refractivity contribution in [3.05, 3.63) is 24.3 Å². The van der Waals surface area contributed by atoms with Crippen LogP contribution in [0.15, 0.2) is 24.3 Å². The molecule has 0 amide bonds. The molecule has 0 radical (unpaired) electrons. The van der Waals surface area contributed by atoms with Gasteiger partial charge in [0.25, 0.3) is 0 Å². The summed E-state index contributed by atoms with van der Waals surface area (Å²) in [5.41, 5.74) is 0. The average Bonchev–Trinajstić information content (AvgIpc) is 2.09. The van der Waals surface area contributed by atoms with Gasteiger partial charge >= 0.3 is 0 Å². The van der Waals surface area contributed by atoms with Gasteiger partial charge in [0, 0.05) is 6.61 Å². The fourth-order valence-corrected chi connectivity index (χ4v) is 0.951. The molecule has 1 atom stereocenters. The van der Waals surface area contributed by atoms with Crippen molar-refractivity contribution >= 4 is 0 Å². The Kier molecular flexibility index (Phi) is 9.05. The quantitative estimate of drug-likeness (QED) is 0.469. The normalized spacial score (nSPS) is 14.4. The van der Waals surface area contributed by atoms with E-state index in [1.807, 2.05) is 12.2 Å². The predicted octanol–water partition coefficient (Wildman–Crippen LogP) is 2.03. The first kappa shape index (κ1) is 12.4. The molecule has 0 aromatic carbocycles. The molecule has 0 rings (SSSR count). The second kappa shape index (κ2) is 9.49. The minimum Gasteiger partial charge on any atom is -0.396 e. The lowest BCUT2D eigenvalue weighted by molar-refractivity contribution is 0.244. The summed E-state index contributed by atoms with van der Waals surface area (Å²) in [5.74, 6) is 0. The molecule has 0 aromatic heterocycles. The largest absolute Gasteiger partial charge is 0.396 e. The fourth-order valence-electron chi connectivity index (χ4n) is 0.951. The van der Waals surface area contributed by atoms with Crippen LogP contribution in [-0.2, 0) is 0 Å². The second-order valence-corrected chi connectivity index (χ2v) is 3.13. The summed E-state index contributed by atoms with van der Waals surface area (Å²) in [5, 5.41) is 17.4. The molecular weight excluding hydrogens is 164 g/mol. The molecule has 2 N–H and O–H groups in total. The summed E-state index contributed by atoms with van der Waals surface area (Å²) in [6, 6.07) is 0. The number of hydrogen-bond donors (Lipinski definition) is 2. The molecule has 0 aliphatic rings. The molecule has 13 heavy (non-hydrogen) atoms. The van der Waals surface area contributed by atoms with E-state index in [0.717, 1.165) is 25.7 Å². The molecule has 0 saturated heterocycles. The van der Waals surface area contributed by atoms with E-state index >= 15 is 0 Å². The lowest BCUT2D eigenvalue weighted by Crippen LogP contribution is -1.90. The summed E-state index contributed by atoms with van der Waals surface area (Å²) >= 11 is 0. The lowest BCUT2D eigenvalue weighted by atomic mass is 10.2. The topological polar surface area (TPSA) is 40.5 Å². The Morgan fingerprint density at radius 2 is 1.92 bits per heavy atom. The van der Waals surface area contributed by atoms with Crippen LogP contribution in [0.1, 0.15) is 32.6 Å². The van der Waals surface area contributed by atoms with Gasteiger partial charge in [-0.1, -0.05) is 30.7 Å². The van der Waals surface area contributed by atoms with Crippen molar-refractivity contribution in [2.45, 2.75) is 38.7 Å². The van der Waals surface area contributed by atoms with E-state index < -0.39 is 0 Å². The molecule has 0 heterocycles. The molecule has 0 fully saturated rings. The van der Waals surface area contributed by atoms with E-state index in [1.54, 1.807) is 13.0 Å². The van der Waals surface area contributed by atoms with E-state index in [1.165, 1.54) is 0 Å². The summed E-state index contributed by atoms with van der Waals surface area (Å²) in [7, 11) is 0. The van der Waals surface area contributed by atoms with Crippen molar-refractivity contribution in [3.63, 3.8) is 0 Å². The highest BCUT2D eigenvalue weighted by atomic mass is 16.3. The van der Waals surface area contributed by atoms with Gasteiger partial charge in [-0.15, -0.1) is 0 Å².